The third-order valence-electron chi connectivity index (χ3n) is 4.87. The number of nitrogens with zero attached hydrogens (tertiary/aromatic N) is 1. The molecule has 2 aliphatic rings. The normalized spacial score (nSPS) is 24.4. The van der Waals surface area contributed by atoms with Gasteiger partial charge in [0.1, 0.15) is 5.75 Å². The van der Waals surface area contributed by atoms with Gasteiger partial charge in [0.2, 0.25) is 5.91 Å². The Morgan fingerprint density at radius 1 is 1.29 bits per heavy atom. The summed E-state index contributed by atoms with van der Waals surface area (Å²) in [6, 6.07) is 5.99. The van der Waals surface area contributed by atoms with Crippen LogP contribution < -0.4 is 9.64 Å². The van der Waals surface area contributed by atoms with Gasteiger partial charge in [-0.1, -0.05) is 13.0 Å². The summed E-state index contributed by atoms with van der Waals surface area (Å²) < 4.78 is 16.8. The van der Waals surface area contributed by atoms with Crippen molar-refractivity contribution in [3.63, 3.8) is 0 Å². The number of carbonyl (C=O) groups is 1. The van der Waals surface area contributed by atoms with Crippen molar-refractivity contribution < 1.29 is 19.0 Å². The number of anilines is 1. The minimum absolute atomic E-state index is 0.0225. The molecule has 2 heterocycles. The zero-order valence-electron chi connectivity index (χ0n) is 14.6. The fraction of sp³-hybridized carbons (Fsp3) is 0.632. The van der Waals surface area contributed by atoms with E-state index in [1.807, 2.05) is 24.0 Å². The second-order valence-electron chi connectivity index (χ2n) is 6.59. The van der Waals surface area contributed by atoms with Crippen LogP contribution in [0.15, 0.2) is 18.2 Å². The molecule has 2 unspecified atom stereocenters. The lowest BCUT2D eigenvalue weighted by molar-refractivity contribution is -0.161. The molecule has 1 aromatic rings. The number of hydrogen-bond acceptors (Lipinski definition) is 4. The molecule has 0 aliphatic carbocycles. The number of ether oxygens (including phenoxy) is 3. The van der Waals surface area contributed by atoms with Gasteiger partial charge in [0, 0.05) is 25.1 Å². The monoisotopic (exact) mass is 333 g/mol. The van der Waals surface area contributed by atoms with Crippen LogP contribution in [0.25, 0.3) is 0 Å². The minimum Gasteiger partial charge on any atom is -0.497 e. The van der Waals surface area contributed by atoms with Crippen LogP contribution in [0.3, 0.4) is 0 Å². The topological polar surface area (TPSA) is 48.0 Å². The van der Waals surface area contributed by atoms with Crippen LogP contribution in [-0.4, -0.2) is 39.1 Å². The number of hydrogen-bond donors (Lipinski definition) is 0. The van der Waals surface area contributed by atoms with Crippen molar-refractivity contribution in [2.75, 3.05) is 31.8 Å². The maximum atomic E-state index is 12.8. The smallest absolute Gasteiger partial charge is 0.229 e. The molecule has 0 spiro atoms. The van der Waals surface area contributed by atoms with Crippen LogP contribution in [0.5, 0.6) is 5.75 Å². The molecule has 1 amide bonds. The van der Waals surface area contributed by atoms with Gasteiger partial charge >= 0.3 is 0 Å². The molecule has 5 nitrogen and oxygen atoms in total. The van der Waals surface area contributed by atoms with Crippen LogP contribution in [0, 0.1) is 5.92 Å². The Bertz CT molecular complexity index is 568. The molecule has 0 N–H and O–H groups in total. The van der Waals surface area contributed by atoms with E-state index in [0.29, 0.717) is 13.2 Å². The van der Waals surface area contributed by atoms with Crippen LogP contribution in [-0.2, 0) is 20.7 Å². The maximum absolute atomic E-state index is 12.8. The van der Waals surface area contributed by atoms with Crippen LogP contribution in [0.4, 0.5) is 5.69 Å². The highest BCUT2D eigenvalue weighted by Gasteiger charge is 2.28. The Morgan fingerprint density at radius 2 is 2.17 bits per heavy atom. The molecule has 0 aromatic heterocycles. The molecule has 132 valence electrons. The molecule has 24 heavy (non-hydrogen) atoms. The molecular formula is C19H27NO4. The first kappa shape index (κ1) is 17.2. The minimum atomic E-state index is -0.122. The zero-order chi connectivity index (χ0) is 16.9. The lowest BCUT2D eigenvalue weighted by Crippen LogP contribution is -2.38. The molecule has 0 saturated carbocycles. The second-order valence-corrected chi connectivity index (χ2v) is 6.59. The van der Waals surface area contributed by atoms with E-state index in [0.717, 1.165) is 50.1 Å². The van der Waals surface area contributed by atoms with Gasteiger partial charge in [0.15, 0.2) is 6.29 Å². The highest BCUT2D eigenvalue weighted by Crippen LogP contribution is 2.32. The first-order chi connectivity index (χ1) is 11.7. The lowest BCUT2D eigenvalue weighted by Gasteiger charge is -2.27. The summed E-state index contributed by atoms with van der Waals surface area (Å²) in [5.74, 6) is 0.960. The van der Waals surface area contributed by atoms with E-state index < -0.39 is 0 Å². The van der Waals surface area contributed by atoms with Gasteiger partial charge in [-0.3, -0.25) is 4.79 Å². The summed E-state index contributed by atoms with van der Waals surface area (Å²) in [5.41, 5.74) is 2.15. The van der Waals surface area contributed by atoms with E-state index in [2.05, 4.69) is 6.07 Å². The number of fused-ring (bicyclic) bond motifs is 1. The van der Waals surface area contributed by atoms with Gasteiger partial charge in [-0.15, -0.1) is 0 Å². The van der Waals surface area contributed by atoms with E-state index in [1.165, 1.54) is 5.56 Å². The lowest BCUT2D eigenvalue weighted by atomic mass is 10.0. The Morgan fingerprint density at radius 3 is 2.92 bits per heavy atom. The fourth-order valence-electron chi connectivity index (χ4n) is 3.36. The molecule has 5 heteroatoms. The average molecular weight is 333 g/mol. The summed E-state index contributed by atoms with van der Waals surface area (Å²) in [6.07, 6.45) is 4.85. The standard InChI is InChI=1S/C19H27NO4/c1-14-6-7-15-8-9-16(22-2)13-17(15)20(19(14)21)10-12-24-18-5-3-4-11-23-18/h8-9,13-14,18H,3-7,10-12H2,1-2H3. The second kappa shape index (κ2) is 7.99. The third-order valence-corrected chi connectivity index (χ3v) is 4.87. The zero-order valence-corrected chi connectivity index (χ0v) is 14.6. The molecule has 1 fully saturated rings. The number of amides is 1. The predicted molar refractivity (Wildman–Crippen MR) is 92.4 cm³/mol. The van der Waals surface area contributed by atoms with E-state index in [4.69, 9.17) is 14.2 Å². The molecule has 0 radical (unpaired) electrons. The summed E-state index contributed by atoms with van der Waals surface area (Å²) in [7, 11) is 1.65. The summed E-state index contributed by atoms with van der Waals surface area (Å²) in [6.45, 7) is 3.80. The molecule has 1 aromatic carbocycles. The Kier molecular flexibility index (Phi) is 5.74. The number of benzene rings is 1. The predicted octanol–water partition coefficient (Wildman–Crippen LogP) is 3.15. The van der Waals surface area contributed by atoms with Crippen molar-refractivity contribution in [3.8, 4) is 5.75 Å². The van der Waals surface area contributed by atoms with Gasteiger partial charge < -0.3 is 19.1 Å². The third kappa shape index (κ3) is 3.90. The van der Waals surface area contributed by atoms with E-state index in [1.54, 1.807) is 7.11 Å². The summed E-state index contributed by atoms with van der Waals surface area (Å²) in [5, 5.41) is 0. The fourth-order valence-corrected chi connectivity index (χ4v) is 3.36. The van der Waals surface area contributed by atoms with Gasteiger partial charge in [-0.2, -0.15) is 0 Å². The van der Waals surface area contributed by atoms with Crippen molar-refractivity contribution in [2.45, 2.75) is 45.3 Å². The van der Waals surface area contributed by atoms with Gasteiger partial charge in [0.05, 0.1) is 19.4 Å². The Balaban J connectivity index is 1.72. The van der Waals surface area contributed by atoms with Crippen molar-refractivity contribution in [2.24, 2.45) is 5.92 Å². The molecule has 0 bridgehead atoms. The van der Waals surface area contributed by atoms with E-state index in [-0.39, 0.29) is 18.1 Å². The summed E-state index contributed by atoms with van der Waals surface area (Å²) in [4.78, 5) is 14.6. The molecule has 1 saturated heterocycles. The van der Waals surface area contributed by atoms with Gasteiger partial charge in [0.25, 0.3) is 0 Å². The van der Waals surface area contributed by atoms with Gasteiger partial charge in [-0.05, 0) is 43.7 Å². The van der Waals surface area contributed by atoms with Crippen molar-refractivity contribution in [3.05, 3.63) is 23.8 Å². The number of rotatable bonds is 5. The molecule has 3 rings (SSSR count). The molecular weight excluding hydrogens is 306 g/mol. The first-order valence-corrected chi connectivity index (χ1v) is 8.90. The largest absolute Gasteiger partial charge is 0.497 e. The molecule has 2 atom stereocenters. The van der Waals surface area contributed by atoms with Crippen molar-refractivity contribution in [1.82, 2.24) is 0 Å². The van der Waals surface area contributed by atoms with Crippen LogP contribution >= 0.6 is 0 Å². The first-order valence-electron chi connectivity index (χ1n) is 8.90. The Labute approximate surface area is 143 Å². The SMILES string of the molecule is COc1ccc2c(c1)N(CCOC1CCCCO1)C(=O)C(C)CC2. The van der Waals surface area contributed by atoms with E-state index >= 15 is 0 Å². The van der Waals surface area contributed by atoms with Crippen molar-refractivity contribution >= 4 is 11.6 Å². The van der Waals surface area contributed by atoms with Crippen molar-refractivity contribution in [1.29, 1.82) is 0 Å². The quantitative estimate of drug-likeness (QED) is 0.830. The highest BCUT2D eigenvalue weighted by atomic mass is 16.7. The van der Waals surface area contributed by atoms with Crippen LogP contribution in [0.2, 0.25) is 0 Å². The van der Waals surface area contributed by atoms with Crippen LogP contribution in [0.1, 0.15) is 38.2 Å². The maximum Gasteiger partial charge on any atom is 0.229 e. The number of aryl methyl sites for hydroxylation is 1. The summed E-state index contributed by atoms with van der Waals surface area (Å²) >= 11 is 0. The Hall–Kier alpha value is -1.59. The number of methoxy groups -OCH3 is 1. The molecule has 2 aliphatic heterocycles. The number of carbonyl (C=O) groups excluding carboxylic acids is 1. The van der Waals surface area contributed by atoms with E-state index in [9.17, 15) is 4.79 Å². The average Bonchev–Trinajstić information content (AvgIpc) is 2.74. The highest BCUT2D eigenvalue weighted by molar-refractivity contribution is 5.96. The van der Waals surface area contributed by atoms with Gasteiger partial charge in [-0.25, -0.2) is 0 Å².